The van der Waals surface area contributed by atoms with Gasteiger partial charge in [0.2, 0.25) is 5.76 Å². The van der Waals surface area contributed by atoms with Gasteiger partial charge in [0.25, 0.3) is 0 Å². The third kappa shape index (κ3) is 3.18. The smallest absolute Gasteiger partial charge is 0.372 e. The molecule has 20 heavy (non-hydrogen) atoms. The van der Waals surface area contributed by atoms with Gasteiger partial charge in [-0.3, -0.25) is 0 Å². The number of nitrogens with zero attached hydrogens (tertiary/aromatic N) is 2. The molecule has 0 atom stereocenters. The van der Waals surface area contributed by atoms with Crippen molar-refractivity contribution in [2.75, 3.05) is 34.2 Å². The van der Waals surface area contributed by atoms with Crippen molar-refractivity contribution in [3.8, 4) is 0 Å². The lowest BCUT2D eigenvalue weighted by molar-refractivity contribution is 0.0662. The van der Waals surface area contributed by atoms with Gasteiger partial charge in [-0.2, -0.15) is 0 Å². The Morgan fingerprint density at radius 3 is 2.55 bits per heavy atom. The lowest BCUT2D eigenvalue weighted by Crippen LogP contribution is -2.28. The van der Waals surface area contributed by atoms with Crippen LogP contribution in [0.4, 0.5) is 0 Å². The van der Waals surface area contributed by atoms with Gasteiger partial charge < -0.3 is 19.3 Å². The lowest BCUT2D eigenvalue weighted by atomic mass is 10.1. The second-order valence-electron chi connectivity index (χ2n) is 5.25. The monoisotopic (exact) mass is 276 g/mol. The Kier molecular flexibility index (Phi) is 4.42. The number of furan rings is 1. The topological polar surface area (TPSA) is 56.9 Å². The number of hydrogen-bond acceptors (Lipinski definition) is 4. The van der Waals surface area contributed by atoms with Crippen LogP contribution in [0, 0.1) is 0 Å². The summed E-state index contributed by atoms with van der Waals surface area (Å²) in [6, 6.07) is 7.44. The molecule has 0 spiro atoms. The highest BCUT2D eigenvalue weighted by Crippen LogP contribution is 2.26. The van der Waals surface area contributed by atoms with Crippen molar-refractivity contribution >= 4 is 16.9 Å². The highest BCUT2D eigenvalue weighted by Gasteiger charge is 2.20. The van der Waals surface area contributed by atoms with E-state index in [0.29, 0.717) is 12.1 Å². The van der Waals surface area contributed by atoms with Crippen LogP contribution in [-0.2, 0) is 6.54 Å². The lowest BCUT2D eigenvalue weighted by Gasteiger charge is -2.19. The second kappa shape index (κ2) is 6.07. The van der Waals surface area contributed by atoms with Gasteiger partial charge in [-0.1, -0.05) is 18.2 Å². The van der Waals surface area contributed by atoms with E-state index in [1.54, 1.807) is 6.07 Å². The molecule has 2 aromatic rings. The minimum atomic E-state index is -1.02. The molecule has 0 saturated heterocycles. The van der Waals surface area contributed by atoms with Crippen molar-refractivity contribution in [3.63, 3.8) is 0 Å². The zero-order chi connectivity index (χ0) is 14.7. The molecule has 0 bridgehead atoms. The number of carbonyl (C=O) groups is 1. The molecule has 0 saturated carbocycles. The van der Waals surface area contributed by atoms with Crippen LogP contribution < -0.4 is 0 Å². The van der Waals surface area contributed by atoms with Crippen LogP contribution in [0.5, 0.6) is 0 Å². The van der Waals surface area contributed by atoms with Crippen molar-refractivity contribution in [2.24, 2.45) is 0 Å². The summed E-state index contributed by atoms with van der Waals surface area (Å²) in [5, 5.41) is 10.2. The fraction of sp³-hybridized carbons (Fsp3) is 0.400. The fourth-order valence-electron chi connectivity index (χ4n) is 2.15. The molecule has 1 aromatic heterocycles. The molecular formula is C15H20N2O3. The van der Waals surface area contributed by atoms with Gasteiger partial charge in [-0.05, 0) is 27.2 Å². The Hall–Kier alpha value is -1.85. The van der Waals surface area contributed by atoms with Gasteiger partial charge in [0.15, 0.2) is 0 Å². The van der Waals surface area contributed by atoms with E-state index in [0.717, 1.165) is 24.0 Å². The fourth-order valence-corrected chi connectivity index (χ4v) is 2.15. The first-order chi connectivity index (χ1) is 9.49. The number of fused-ring (bicyclic) bond motifs is 1. The van der Waals surface area contributed by atoms with Crippen LogP contribution >= 0.6 is 0 Å². The van der Waals surface area contributed by atoms with Gasteiger partial charge in [0.05, 0.1) is 0 Å². The first-order valence-electron chi connectivity index (χ1n) is 6.56. The first kappa shape index (κ1) is 14.6. The van der Waals surface area contributed by atoms with Crippen LogP contribution in [-0.4, -0.2) is 55.1 Å². The Balaban J connectivity index is 2.27. The van der Waals surface area contributed by atoms with E-state index in [4.69, 9.17) is 4.42 Å². The van der Waals surface area contributed by atoms with E-state index in [-0.39, 0.29) is 5.76 Å². The first-order valence-corrected chi connectivity index (χ1v) is 6.56. The summed E-state index contributed by atoms with van der Waals surface area (Å²) >= 11 is 0. The maximum absolute atomic E-state index is 11.3. The Labute approximate surface area is 118 Å². The molecule has 0 fully saturated rings. The van der Waals surface area contributed by atoms with Crippen LogP contribution in [0.1, 0.15) is 16.1 Å². The Morgan fingerprint density at radius 1 is 1.20 bits per heavy atom. The predicted octanol–water partition coefficient (Wildman–Crippen LogP) is 2.12. The predicted molar refractivity (Wildman–Crippen MR) is 78.1 cm³/mol. The van der Waals surface area contributed by atoms with Crippen molar-refractivity contribution in [2.45, 2.75) is 6.54 Å². The van der Waals surface area contributed by atoms with Crippen LogP contribution in [0.25, 0.3) is 11.0 Å². The zero-order valence-corrected chi connectivity index (χ0v) is 12.1. The SMILES string of the molecule is CN(C)CCN(C)Cc1c(C(=O)O)oc2ccccc12. The highest BCUT2D eigenvalue weighted by atomic mass is 16.4. The van der Waals surface area contributed by atoms with E-state index < -0.39 is 5.97 Å². The number of para-hydroxylation sites is 1. The molecule has 0 aliphatic carbocycles. The second-order valence-corrected chi connectivity index (χ2v) is 5.25. The van der Waals surface area contributed by atoms with Crippen molar-refractivity contribution in [1.29, 1.82) is 0 Å². The molecule has 5 nitrogen and oxygen atoms in total. The number of benzene rings is 1. The molecule has 0 aliphatic rings. The maximum Gasteiger partial charge on any atom is 0.372 e. The highest BCUT2D eigenvalue weighted by molar-refractivity contribution is 5.95. The Morgan fingerprint density at radius 2 is 1.90 bits per heavy atom. The van der Waals surface area contributed by atoms with E-state index in [1.165, 1.54) is 0 Å². The van der Waals surface area contributed by atoms with Gasteiger partial charge in [-0.25, -0.2) is 4.79 Å². The van der Waals surface area contributed by atoms with Crippen molar-refractivity contribution < 1.29 is 14.3 Å². The summed E-state index contributed by atoms with van der Waals surface area (Å²) in [5.74, 6) is -0.972. The van der Waals surface area contributed by atoms with E-state index in [2.05, 4.69) is 9.80 Å². The third-order valence-corrected chi connectivity index (χ3v) is 3.25. The van der Waals surface area contributed by atoms with Crippen LogP contribution in [0.2, 0.25) is 0 Å². The number of aromatic carboxylic acids is 1. The molecule has 0 amide bonds. The van der Waals surface area contributed by atoms with E-state index in [9.17, 15) is 9.90 Å². The van der Waals surface area contributed by atoms with Crippen molar-refractivity contribution in [3.05, 3.63) is 35.6 Å². The summed E-state index contributed by atoms with van der Waals surface area (Å²) in [6.45, 7) is 2.35. The summed E-state index contributed by atoms with van der Waals surface area (Å²) in [6.07, 6.45) is 0. The maximum atomic E-state index is 11.3. The largest absolute Gasteiger partial charge is 0.475 e. The average Bonchev–Trinajstić information content (AvgIpc) is 2.76. The van der Waals surface area contributed by atoms with E-state index >= 15 is 0 Å². The van der Waals surface area contributed by atoms with Crippen LogP contribution in [0.3, 0.4) is 0 Å². The number of rotatable bonds is 6. The van der Waals surface area contributed by atoms with Gasteiger partial charge in [-0.15, -0.1) is 0 Å². The van der Waals surface area contributed by atoms with Gasteiger partial charge in [0, 0.05) is 30.6 Å². The number of carboxylic acid groups (broad SMARTS) is 1. The Bertz CT molecular complexity index is 604. The van der Waals surface area contributed by atoms with Crippen LogP contribution in [0.15, 0.2) is 28.7 Å². The number of carboxylic acids is 1. The minimum Gasteiger partial charge on any atom is -0.475 e. The molecule has 0 unspecified atom stereocenters. The zero-order valence-electron chi connectivity index (χ0n) is 12.1. The van der Waals surface area contributed by atoms with E-state index in [1.807, 2.05) is 39.3 Å². The van der Waals surface area contributed by atoms with Gasteiger partial charge >= 0.3 is 5.97 Å². The third-order valence-electron chi connectivity index (χ3n) is 3.25. The number of likely N-dealkylation sites (N-methyl/N-ethyl adjacent to an activating group) is 2. The molecule has 2 rings (SSSR count). The van der Waals surface area contributed by atoms with Crippen molar-refractivity contribution in [1.82, 2.24) is 9.80 Å². The molecule has 108 valence electrons. The summed E-state index contributed by atoms with van der Waals surface area (Å²) in [5.41, 5.74) is 1.37. The summed E-state index contributed by atoms with van der Waals surface area (Å²) in [4.78, 5) is 15.5. The molecule has 1 heterocycles. The molecule has 1 aromatic carbocycles. The summed E-state index contributed by atoms with van der Waals surface area (Å²) < 4.78 is 5.45. The normalized spacial score (nSPS) is 11.7. The summed E-state index contributed by atoms with van der Waals surface area (Å²) in [7, 11) is 6.02. The quantitative estimate of drug-likeness (QED) is 0.876. The molecule has 5 heteroatoms. The van der Waals surface area contributed by atoms with Gasteiger partial charge in [0.1, 0.15) is 5.58 Å². The standard InChI is InChI=1S/C15H20N2O3/c1-16(2)8-9-17(3)10-12-11-6-4-5-7-13(11)20-14(12)15(18)19/h4-7H,8-10H2,1-3H3,(H,18,19). The minimum absolute atomic E-state index is 0.0444. The molecular weight excluding hydrogens is 256 g/mol. The molecule has 0 radical (unpaired) electrons. The average molecular weight is 276 g/mol. The molecule has 0 aliphatic heterocycles. The molecule has 1 N–H and O–H groups in total. The number of hydrogen-bond donors (Lipinski definition) is 1.